The highest BCUT2D eigenvalue weighted by molar-refractivity contribution is 5.91. The molecule has 26 heavy (non-hydrogen) atoms. The SMILES string of the molecule is COC(=O)N[C@@H](C=C(C)C)C(=O)N1CN(CC(F)(F)F)C[C@H]1C(=O)OC. The van der Waals surface area contributed by atoms with Crippen LogP contribution in [-0.4, -0.2) is 80.0 Å². The number of rotatable bonds is 5. The fourth-order valence-electron chi connectivity index (χ4n) is 2.52. The minimum Gasteiger partial charge on any atom is -0.467 e. The third kappa shape index (κ3) is 6.21. The molecule has 0 spiro atoms. The number of carbonyl (C=O) groups excluding carboxylic acids is 3. The van der Waals surface area contributed by atoms with Gasteiger partial charge in [0.05, 0.1) is 27.4 Å². The van der Waals surface area contributed by atoms with Gasteiger partial charge in [-0.1, -0.05) is 11.6 Å². The minimum atomic E-state index is -4.48. The Morgan fingerprint density at radius 1 is 1.23 bits per heavy atom. The minimum absolute atomic E-state index is 0.322. The number of alkyl halides is 3. The first-order valence-electron chi connectivity index (χ1n) is 7.65. The summed E-state index contributed by atoms with van der Waals surface area (Å²) in [7, 11) is 2.19. The van der Waals surface area contributed by atoms with Crippen molar-refractivity contribution in [3.8, 4) is 0 Å². The highest BCUT2D eigenvalue weighted by Crippen LogP contribution is 2.22. The lowest BCUT2D eigenvalue weighted by molar-refractivity contribution is -0.150. The van der Waals surface area contributed by atoms with E-state index in [0.717, 1.165) is 24.0 Å². The molecule has 1 N–H and O–H groups in total. The molecule has 8 nitrogen and oxygen atoms in total. The van der Waals surface area contributed by atoms with Gasteiger partial charge in [-0.25, -0.2) is 9.59 Å². The van der Waals surface area contributed by atoms with E-state index >= 15 is 0 Å². The van der Waals surface area contributed by atoms with E-state index in [4.69, 9.17) is 0 Å². The average molecular weight is 381 g/mol. The van der Waals surface area contributed by atoms with E-state index < -0.39 is 49.4 Å². The maximum atomic E-state index is 12.8. The van der Waals surface area contributed by atoms with Crippen LogP contribution >= 0.6 is 0 Å². The van der Waals surface area contributed by atoms with Gasteiger partial charge in [-0.05, 0) is 13.8 Å². The third-order valence-corrected chi connectivity index (χ3v) is 3.54. The van der Waals surface area contributed by atoms with Gasteiger partial charge in [0, 0.05) is 6.54 Å². The number of halogens is 3. The van der Waals surface area contributed by atoms with Crippen molar-refractivity contribution in [3.63, 3.8) is 0 Å². The topological polar surface area (TPSA) is 88.2 Å². The van der Waals surface area contributed by atoms with Crippen LogP contribution in [0.1, 0.15) is 13.8 Å². The summed E-state index contributed by atoms with van der Waals surface area (Å²) in [5, 5.41) is 2.29. The number of ether oxygens (including phenoxy) is 2. The highest BCUT2D eigenvalue weighted by Gasteiger charge is 2.44. The summed E-state index contributed by atoms with van der Waals surface area (Å²) >= 11 is 0. The molecule has 148 valence electrons. The van der Waals surface area contributed by atoms with E-state index in [1.54, 1.807) is 13.8 Å². The number of amides is 2. The number of allylic oxidation sites excluding steroid dienone is 1. The van der Waals surface area contributed by atoms with E-state index in [-0.39, 0.29) is 6.54 Å². The summed E-state index contributed by atoms with van der Waals surface area (Å²) < 4.78 is 47.0. The smallest absolute Gasteiger partial charge is 0.407 e. The Labute approximate surface area is 148 Å². The maximum absolute atomic E-state index is 12.8. The summed E-state index contributed by atoms with van der Waals surface area (Å²) in [6, 6.07) is -2.40. The lowest BCUT2D eigenvalue weighted by atomic mass is 10.1. The fourth-order valence-corrected chi connectivity index (χ4v) is 2.52. The van der Waals surface area contributed by atoms with Gasteiger partial charge >= 0.3 is 18.2 Å². The number of hydrogen-bond donors (Lipinski definition) is 1. The van der Waals surface area contributed by atoms with E-state index in [1.165, 1.54) is 6.08 Å². The Bertz CT molecular complexity index is 575. The number of nitrogens with zero attached hydrogens (tertiary/aromatic N) is 2. The quantitative estimate of drug-likeness (QED) is 0.562. The van der Waals surface area contributed by atoms with Crippen LogP contribution in [0.15, 0.2) is 11.6 Å². The molecule has 0 unspecified atom stereocenters. The number of carbonyl (C=O) groups is 3. The highest BCUT2D eigenvalue weighted by atomic mass is 19.4. The fraction of sp³-hybridized carbons (Fsp3) is 0.667. The second kappa shape index (κ2) is 8.88. The molecule has 1 rings (SSSR count). The molecular formula is C15H22F3N3O5. The van der Waals surface area contributed by atoms with Crippen LogP contribution in [-0.2, 0) is 19.1 Å². The van der Waals surface area contributed by atoms with Crippen molar-refractivity contribution in [3.05, 3.63) is 11.6 Å². The number of nitrogens with one attached hydrogen (secondary N) is 1. The zero-order valence-electron chi connectivity index (χ0n) is 14.9. The Hall–Kier alpha value is -2.30. The molecule has 0 bridgehead atoms. The van der Waals surface area contributed by atoms with Crippen molar-refractivity contribution in [2.45, 2.75) is 32.1 Å². The van der Waals surface area contributed by atoms with E-state index in [0.29, 0.717) is 5.57 Å². The standard InChI is InChI=1S/C15H22F3N3O5/c1-9(2)5-10(19-14(24)26-4)12(22)21-8-20(7-15(16,17)18)6-11(21)13(23)25-3/h5,10-11H,6-8H2,1-4H3,(H,19,24)/t10-,11-/m0/s1. The van der Waals surface area contributed by atoms with Crippen molar-refractivity contribution in [2.75, 3.05) is 34.0 Å². The summed E-state index contributed by atoms with van der Waals surface area (Å²) in [4.78, 5) is 38.0. The predicted octanol–water partition coefficient (Wildman–Crippen LogP) is 0.883. The summed E-state index contributed by atoms with van der Waals surface area (Å²) in [6.07, 6.45) is -3.95. The van der Waals surface area contributed by atoms with Gasteiger partial charge in [-0.3, -0.25) is 9.69 Å². The first-order chi connectivity index (χ1) is 12.0. The van der Waals surface area contributed by atoms with Crippen LogP contribution in [0.2, 0.25) is 0 Å². The van der Waals surface area contributed by atoms with Crippen molar-refractivity contribution < 1.29 is 37.0 Å². The lowest BCUT2D eigenvalue weighted by Gasteiger charge is -2.26. The molecule has 2 atom stereocenters. The number of esters is 1. The Kier molecular flexibility index (Phi) is 7.42. The molecule has 0 aliphatic carbocycles. The average Bonchev–Trinajstić information content (AvgIpc) is 2.93. The van der Waals surface area contributed by atoms with Gasteiger partial charge in [0.25, 0.3) is 5.91 Å². The van der Waals surface area contributed by atoms with Crippen LogP contribution in [0.3, 0.4) is 0 Å². The first kappa shape index (κ1) is 21.7. The predicted molar refractivity (Wildman–Crippen MR) is 83.9 cm³/mol. The summed E-state index contributed by atoms with van der Waals surface area (Å²) in [6.45, 7) is 1.34. The van der Waals surface area contributed by atoms with Crippen LogP contribution in [0, 0.1) is 0 Å². The number of alkyl carbamates (subject to hydrolysis) is 1. The van der Waals surface area contributed by atoms with E-state index in [2.05, 4.69) is 14.8 Å². The normalized spacial score (nSPS) is 18.9. The van der Waals surface area contributed by atoms with Gasteiger partial charge in [-0.2, -0.15) is 13.2 Å². The van der Waals surface area contributed by atoms with E-state index in [9.17, 15) is 27.6 Å². The van der Waals surface area contributed by atoms with Crippen molar-refractivity contribution in [1.82, 2.24) is 15.1 Å². The molecule has 11 heteroatoms. The molecule has 1 heterocycles. The van der Waals surface area contributed by atoms with Gasteiger partial charge in [0.15, 0.2) is 0 Å². The summed E-state index contributed by atoms with van der Waals surface area (Å²) in [5.41, 5.74) is 0.681. The number of methoxy groups -OCH3 is 2. The van der Waals surface area contributed by atoms with Crippen LogP contribution in [0.5, 0.6) is 0 Å². The molecular weight excluding hydrogens is 359 g/mol. The molecule has 0 aromatic carbocycles. The number of hydrogen-bond acceptors (Lipinski definition) is 6. The van der Waals surface area contributed by atoms with Gasteiger partial charge in [0.2, 0.25) is 0 Å². The molecule has 2 amide bonds. The zero-order chi connectivity index (χ0) is 20.1. The van der Waals surface area contributed by atoms with Crippen LogP contribution < -0.4 is 5.32 Å². The monoisotopic (exact) mass is 381 g/mol. The Balaban J connectivity index is 3.07. The van der Waals surface area contributed by atoms with Crippen LogP contribution in [0.25, 0.3) is 0 Å². The molecule has 0 aromatic heterocycles. The maximum Gasteiger partial charge on any atom is 0.407 e. The largest absolute Gasteiger partial charge is 0.467 e. The molecule has 1 fully saturated rings. The van der Waals surface area contributed by atoms with Crippen molar-refractivity contribution in [2.24, 2.45) is 0 Å². The van der Waals surface area contributed by atoms with Crippen molar-refractivity contribution in [1.29, 1.82) is 0 Å². The Morgan fingerprint density at radius 3 is 2.31 bits per heavy atom. The molecule has 0 radical (unpaired) electrons. The molecule has 0 saturated carbocycles. The zero-order valence-corrected chi connectivity index (χ0v) is 14.9. The Morgan fingerprint density at radius 2 is 1.85 bits per heavy atom. The van der Waals surface area contributed by atoms with Gasteiger partial charge < -0.3 is 19.7 Å². The van der Waals surface area contributed by atoms with Crippen molar-refractivity contribution >= 4 is 18.0 Å². The third-order valence-electron chi connectivity index (χ3n) is 3.54. The second-order valence-corrected chi connectivity index (χ2v) is 5.97. The second-order valence-electron chi connectivity index (χ2n) is 5.97. The van der Waals surface area contributed by atoms with Crippen LogP contribution in [0.4, 0.5) is 18.0 Å². The first-order valence-corrected chi connectivity index (χ1v) is 7.65. The lowest BCUT2D eigenvalue weighted by Crippen LogP contribution is -2.51. The molecule has 1 aliphatic heterocycles. The molecule has 1 aliphatic rings. The molecule has 1 saturated heterocycles. The van der Waals surface area contributed by atoms with Gasteiger partial charge in [0.1, 0.15) is 12.1 Å². The summed E-state index contributed by atoms with van der Waals surface area (Å²) in [5.74, 6) is -1.58. The molecule has 0 aromatic rings. The van der Waals surface area contributed by atoms with E-state index in [1.807, 2.05) is 0 Å². The van der Waals surface area contributed by atoms with Gasteiger partial charge in [-0.15, -0.1) is 0 Å².